The van der Waals surface area contributed by atoms with E-state index in [-0.39, 0.29) is 24.1 Å². The average Bonchev–Trinajstić information content (AvgIpc) is 2.99. The quantitative estimate of drug-likeness (QED) is 0.505. The molecule has 1 heterocycles. The number of carbonyl (C=O) groups excluding carboxylic acids is 2. The van der Waals surface area contributed by atoms with E-state index < -0.39 is 0 Å². The van der Waals surface area contributed by atoms with Crippen LogP contribution in [0.4, 0.5) is 5.69 Å². The molecule has 0 unspecified atom stereocenters. The van der Waals surface area contributed by atoms with Gasteiger partial charge in [0.1, 0.15) is 5.70 Å². The van der Waals surface area contributed by atoms with Gasteiger partial charge < -0.3 is 19.5 Å². The molecule has 158 valence electrons. The zero-order valence-electron chi connectivity index (χ0n) is 17.7. The third-order valence-corrected chi connectivity index (χ3v) is 4.89. The van der Waals surface area contributed by atoms with E-state index in [9.17, 15) is 9.59 Å². The van der Waals surface area contributed by atoms with Gasteiger partial charge in [0.2, 0.25) is 0 Å². The summed E-state index contributed by atoms with van der Waals surface area (Å²) in [6.45, 7) is 2.73. The molecule has 0 saturated carbocycles. The van der Waals surface area contributed by atoms with Crippen LogP contribution in [0.2, 0.25) is 0 Å². The van der Waals surface area contributed by atoms with Crippen LogP contribution in [0.3, 0.4) is 0 Å². The third kappa shape index (κ3) is 4.31. The fourth-order valence-corrected chi connectivity index (χ4v) is 3.30. The molecule has 1 aliphatic rings. The van der Waals surface area contributed by atoms with Crippen LogP contribution in [-0.4, -0.2) is 51.2 Å². The first-order valence-electron chi connectivity index (χ1n) is 9.65. The number of ether oxygens (including phenoxy) is 3. The summed E-state index contributed by atoms with van der Waals surface area (Å²) in [6.07, 6.45) is 0.561. The Hall–Kier alpha value is -3.32. The highest BCUT2D eigenvalue weighted by Crippen LogP contribution is 2.35. The van der Waals surface area contributed by atoms with Gasteiger partial charge >= 0.3 is 0 Å². The highest BCUT2D eigenvalue weighted by molar-refractivity contribution is 6.36. The molecule has 2 aromatic carbocycles. The van der Waals surface area contributed by atoms with Crippen LogP contribution < -0.4 is 14.8 Å². The van der Waals surface area contributed by atoms with E-state index in [2.05, 4.69) is 5.32 Å². The van der Waals surface area contributed by atoms with Crippen LogP contribution in [0, 0.1) is 6.92 Å². The van der Waals surface area contributed by atoms with Crippen molar-refractivity contribution in [2.75, 3.05) is 39.8 Å². The standard InChI is InChI=1S/C23H26N2O5/c1-15-6-9-17(10-7-15)24-21-20(16-8-11-18(29-3)19(14-16)30-4)22(26)25(23(21)27)12-5-13-28-2/h6-11,14,24H,5,12-13H2,1-4H3. The minimum Gasteiger partial charge on any atom is -0.493 e. The minimum atomic E-state index is -0.360. The van der Waals surface area contributed by atoms with Gasteiger partial charge in [-0.1, -0.05) is 23.8 Å². The van der Waals surface area contributed by atoms with Crippen LogP contribution in [0.15, 0.2) is 48.2 Å². The van der Waals surface area contributed by atoms with Crippen LogP contribution in [0.25, 0.3) is 5.57 Å². The maximum Gasteiger partial charge on any atom is 0.278 e. The third-order valence-electron chi connectivity index (χ3n) is 4.89. The van der Waals surface area contributed by atoms with E-state index in [1.165, 1.54) is 12.0 Å². The second-order valence-electron chi connectivity index (χ2n) is 6.92. The second-order valence-corrected chi connectivity index (χ2v) is 6.92. The Morgan fingerprint density at radius 3 is 2.23 bits per heavy atom. The van der Waals surface area contributed by atoms with Gasteiger partial charge in [-0.05, 0) is 43.2 Å². The highest BCUT2D eigenvalue weighted by Gasteiger charge is 2.39. The van der Waals surface area contributed by atoms with Crippen molar-refractivity contribution in [3.63, 3.8) is 0 Å². The number of nitrogens with one attached hydrogen (secondary N) is 1. The number of carbonyl (C=O) groups is 2. The number of benzene rings is 2. The molecule has 0 spiro atoms. The second kappa shape index (κ2) is 9.45. The Morgan fingerprint density at radius 1 is 0.900 bits per heavy atom. The summed E-state index contributed by atoms with van der Waals surface area (Å²) >= 11 is 0. The summed E-state index contributed by atoms with van der Waals surface area (Å²) in [6, 6.07) is 12.8. The first-order chi connectivity index (χ1) is 14.5. The van der Waals surface area contributed by atoms with E-state index in [1.54, 1.807) is 32.4 Å². The molecule has 30 heavy (non-hydrogen) atoms. The average molecular weight is 410 g/mol. The van der Waals surface area contributed by atoms with E-state index >= 15 is 0 Å². The summed E-state index contributed by atoms with van der Waals surface area (Å²) < 4.78 is 15.7. The molecular weight excluding hydrogens is 384 g/mol. The van der Waals surface area contributed by atoms with Crippen molar-refractivity contribution < 1.29 is 23.8 Å². The van der Waals surface area contributed by atoms with E-state index in [1.807, 2.05) is 31.2 Å². The molecule has 7 nitrogen and oxygen atoms in total. The Morgan fingerprint density at radius 2 is 1.60 bits per heavy atom. The first kappa shape index (κ1) is 21.4. The molecule has 0 bridgehead atoms. The van der Waals surface area contributed by atoms with Crippen LogP contribution in [0.1, 0.15) is 17.5 Å². The number of hydrogen-bond acceptors (Lipinski definition) is 6. The Labute approximate surface area is 176 Å². The number of nitrogens with zero attached hydrogens (tertiary/aromatic N) is 1. The number of hydrogen-bond donors (Lipinski definition) is 1. The molecule has 3 rings (SSSR count). The van der Waals surface area contributed by atoms with Crippen molar-refractivity contribution in [2.45, 2.75) is 13.3 Å². The minimum absolute atomic E-state index is 0.244. The Kier molecular flexibility index (Phi) is 6.74. The van der Waals surface area contributed by atoms with Crippen LogP contribution >= 0.6 is 0 Å². The van der Waals surface area contributed by atoms with Crippen molar-refractivity contribution >= 4 is 23.1 Å². The molecule has 2 amide bonds. The van der Waals surface area contributed by atoms with Gasteiger partial charge in [0.25, 0.3) is 11.8 Å². The molecule has 1 N–H and O–H groups in total. The predicted octanol–water partition coefficient (Wildman–Crippen LogP) is 3.24. The molecule has 0 aliphatic carbocycles. The number of rotatable bonds is 9. The molecule has 7 heteroatoms. The Balaban J connectivity index is 2.04. The fourth-order valence-electron chi connectivity index (χ4n) is 3.30. The molecule has 0 aromatic heterocycles. The lowest BCUT2D eigenvalue weighted by atomic mass is 10.0. The largest absolute Gasteiger partial charge is 0.493 e. The predicted molar refractivity (Wildman–Crippen MR) is 114 cm³/mol. The van der Waals surface area contributed by atoms with E-state index in [0.717, 1.165) is 11.3 Å². The molecule has 0 atom stereocenters. The SMILES string of the molecule is COCCCN1C(=O)C(Nc2ccc(C)cc2)=C(c2ccc(OC)c(OC)c2)C1=O. The van der Waals surface area contributed by atoms with E-state index in [0.29, 0.717) is 35.7 Å². The van der Waals surface area contributed by atoms with Crippen molar-refractivity contribution in [1.29, 1.82) is 0 Å². The molecule has 2 aromatic rings. The number of imide groups is 1. The van der Waals surface area contributed by atoms with Crippen molar-refractivity contribution in [3.8, 4) is 11.5 Å². The van der Waals surface area contributed by atoms with Crippen molar-refractivity contribution in [2.24, 2.45) is 0 Å². The summed E-state index contributed by atoms with van der Waals surface area (Å²) in [5.41, 5.74) is 2.96. The maximum absolute atomic E-state index is 13.2. The van der Waals surface area contributed by atoms with Gasteiger partial charge in [0.15, 0.2) is 11.5 Å². The number of aryl methyl sites for hydroxylation is 1. The molecule has 1 aliphatic heterocycles. The lowest BCUT2D eigenvalue weighted by Gasteiger charge is -2.15. The first-order valence-corrected chi connectivity index (χ1v) is 9.65. The summed E-state index contributed by atoms with van der Waals surface area (Å²) in [7, 11) is 4.66. The highest BCUT2D eigenvalue weighted by atomic mass is 16.5. The number of anilines is 1. The number of methoxy groups -OCH3 is 3. The van der Waals surface area contributed by atoms with Gasteiger partial charge in [-0.3, -0.25) is 14.5 Å². The zero-order chi connectivity index (χ0) is 21.7. The van der Waals surface area contributed by atoms with E-state index in [4.69, 9.17) is 14.2 Å². The van der Waals surface area contributed by atoms with Crippen molar-refractivity contribution in [1.82, 2.24) is 4.90 Å². The molecule has 0 fully saturated rings. The van der Waals surface area contributed by atoms with Gasteiger partial charge in [-0.15, -0.1) is 0 Å². The van der Waals surface area contributed by atoms with Gasteiger partial charge in [0.05, 0.1) is 19.8 Å². The smallest absolute Gasteiger partial charge is 0.278 e. The van der Waals surface area contributed by atoms with Crippen molar-refractivity contribution in [3.05, 3.63) is 59.3 Å². The van der Waals surface area contributed by atoms with Crippen LogP contribution in [-0.2, 0) is 14.3 Å². The summed E-state index contributed by atoms with van der Waals surface area (Å²) in [5.74, 6) is 0.318. The lowest BCUT2D eigenvalue weighted by molar-refractivity contribution is -0.136. The number of amides is 2. The van der Waals surface area contributed by atoms with Gasteiger partial charge in [-0.2, -0.15) is 0 Å². The Bertz CT molecular complexity index is 966. The maximum atomic E-state index is 13.2. The fraction of sp³-hybridized carbons (Fsp3) is 0.304. The molecule has 0 saturated heterocycles. The molecule has 0 radical (unpaired) electrons. The zero-order valence-corrected chi connectivity index (χ0v) is 17.7. The van der Waals surface area contributed by atoms with Gasteiger partial charge in [0, 0.05) is 25.9 Å². The molecular formula is C23H26N2O5. The summed E-state index contributed by atoms with van der Waals surface area (Å²) in [4.78, 5) is 27.6. The lowest BCUT2D eigenvalue weighted by Crippen LogP contribution is -2.33. The van der Waals surface area contributed by atoms with Crippen LogP contribution in [0.5, 0.6) is 11.5 Å². The van der Waals surface area contributed by atoms with Gasteiger partial charge in [-0.25, -0.2) is 0 Å². The summed E-state index contributed by atoms with van der Waals surface area (Å²) in [5, 5.41) is 3.15. The normalized spacial score (nSPS) is 13.8. The monoisotopic (exact) mass is 410 g/mol. The topological polar surface area (TPSA) is 77.1 Å².